The van der Waals surface area contributed by atoms with Crippen molar-refractivity contribution < 1.29 is 15.0 Å². The second-order valence-electron chi connectivity index (χ2n) is 3.54. The van der Waals surface area contributed by atoms with Crippen molar-refractivity contribution in [2.45, 2.75) is 0 Å². The number of nitrogens with one attached hydrogen (secondary N) is 1. The van der Waals surface area contributed by atoms with E-state index in [1.54, 1.807) is 18.2 Å². The van der Waals surface area contributed by atoms with Gasteiger partial charge in [-0.05, 0) is 40.2 Å². The van der Waals surface area contributed by atoms with Gasteiger partial charge in [-0.25, -0.2) is 4.98 Å². The van der Waals surface area contributed by atoms with Crippen LogP contribution in [-0.2, 0) is 0 Å². The number of amides is 1. The number of pyridine rings is 1. The van der Waals surface area contributed by atoms with Crippen molar-refractivity contribution in [2.75, 3.05) is 5.32 Å². The Morgan fingerprint density at radius 3 is 2.44 bits per heavy atom. The van der Waals surface area contributed by atoms with E-state index in [0.29, 0.717) is 10.4 Å². The molecule has 0 spiro atoms. The minimum absolute atomic E-state index is 0.147. The quantitative estimate of drug-likeness (QED) is 0.744. The molecule has 6 heteroatoms. The highest BCUT2D eigenvalue weighted by atomic mass is 79.9. The maximum absolute atomic E-state index is 11.8. The predicted molar refractivity (Wildman–Crippen MR) is 69.7 cm³/mol. The van der Waals surface area contributed by atoms with Crippen molar-refractivity contribution in [1.82, 2.24) is 4.98 Å². The third kappa shape index (κ3) is 2.98. The molecule has 0 atom stereocenters. The Kier molecular flexibility index (Phi) is 3.47. The van der Waals surface area contributed by atoms with Gasteiger partial charge in [0.15, 0.2) is 0 Å². The van der Waals surface area contributed by atoms with Crippen LogP contribution < -0.4 is 5.32 Å². The highest BCUT2D eigenvalue weighted by Gasteiger charge is 2.09. The van der Waals surface area contributed by atoms with Crippen LogP contribution >= 0.6 is 15.9 Å². The number of phenols is 2. The lowest BCUT2D eigenvalue weighted by molar-refractivity contribution is 0.102. The number of phenolic OH excluding ortho intramolecular Hbond substituents is 2. The number of rotatable bonds is 2. The first kappa shape index (κ1) is 12.4. The number of carbonyl (C=O) groups is 1. The van der Waals surface area contributed by atoms with Crippen molar-refractivity contribution in [3.05, 3.63) is 46.6 Å². The van der Waals surface area contributed by atoms with Gasteiger partial charge in [0.25, 0.3) is 5.91 Å². The SMILES string of the molecule is O=C(Nc1cccc(Br)n1)c1cc(O)cc(O)c1. The summed E-state index contributed by atoms with van der Waals surface area (Å²) in [7, 11) is 0. The minimum atomic E-state index is -0.466. The zero-order valence-corrected chi connectivity index (χ0v) is 10.7. The lowest BCUT2D eigenvalue weighted by Crippen LogP contribution is -2.12. The van der Waals surface area contributed by atoms with E-state index in [-0.39, 0.29) is 17.1 Å². The number of carbonyl (C=O) groups excluding carboxylic acids is 1. The molecule has 92 valence electrons. The molecule has 3 N–H and O–H groups in total. The van der Waals surface area contributed by atoms with E-state index in [2.05, 4.69) is 26.2 Å². The Bertz CT molecular complexity index is 581. The van der Waals surface area contributed by atoms with Crippen LogP contribution in [0.5, 0.6) is 11.5 Å². The molecule has 0 aliphatic rings. The Morgan fingerprint density at radius 1 is 1.17 bits per heavy atom. The van der Waals surface area contributed by atoms with E-state index in [0.717, 1.165) is 6.07 Å². The molecule has 0 saturated heterocycles. The summed E-state index contributed by atoms with van der Waals surface area (Å²) in [5, 5.41) is 21.1. The first-order valence-corrected chi connectivity index (χ1v) is 5.81. The smallest absolute Gasteiger partial charge is 0.257 e. The normalized spacial score (nSPS) is 10.1. The van der Waals surface area contributed by atoms with Crippen molar-refractivity contribution in [2.24, 2.45) is 0 Å². The van der Waals surface area contributed by atoms with Gasteiger partial charge in [0.1, 0.15) is 21.9 Å². The van der Waals surface area contributed by atoms with Crippen LogP contribution in [-0.4, -0.2) is 21.1 Å². The number of hydrogen-bond acceptors (Lipinski definition) is 4. The molecule has 2 rings (SSSR count). The predicted octanol–water partition coefficient (Wildman–Crippen LogP) is 2.51. The van der Waals surface area contributed by atoms with Gasteiger partial charge in [0.2, 0.25) is 0 Å². The van der Waals surface area contributed by atoms with Gasteiger partial charge in [-0.15, -0.1) is 0 Å². The highest BCUT2D eigenvalue weighted by molar-refractivity contribution is 9.10. The molecule has 0 aliphatic carbocycles. The van der Waals surface area contributed by atoms with Crippen molar-refractivity contribution in [3.63, 3.8) is 0 Å². The lowest BCUT2D eigenvalue weighted by Gasteiger charge is -2.05. The van der Waals surface area contributed by atoms with E-state index < -0.39 is 5.91 Å². The number of hydrogen-bond donors (Lipinski definition) is 3. The van der Waals surface area contributed by atoms with E-state index in [4.69, 9.17) is 0 Å². The average molecular weight is 309 g/mol. The Morgan fingerprint density at radius 2 is 1.83 bits per heavy atom. The van der Waals surface area contributed by atoms with Crippen LogP contribution in [0.1, 0.15) is 10.4 Å². The molecular formula is C12H9BrN2O3. The zero-order chi connectivity index (χ0) is 13.1. The summed E-state index contributed by atoms with van der Waals surface area (Å²) in [5.41, 5.74) is 0.147. The highest BCUT2D eigenvalue weighted by Crippen LogP contribution is 2.21. The van der Waals surface area contributed by atoms with Crippen LogP contribution in [0.2, 0.25) is 0 Å². The Labute approximate surface area is 111 Å². The second-order valence-corrected chi connectivity index (χ2v) is 4.35. The molecular weight excluding hydrogens is 300 g/mol. The van der Waals surface area contributed by atoms with E-state index in [1.165, 1.54) is 12.1 Å². The first-order chi connectivity index (χ1) is 8.54. The largest absolute Gasteiger partial charge is 0.508 e. The lowest BCUT2D eigenvalue weighted by atomic mass is 10.2. The van der Waals surface area contributed by atoms with Gasteiger partial charge in [-0.2, -0.15) is 0 Å². The third-order valence-corrected chi connectivity index (χ3v) is 2.56. The third-order valence-electron chi connectivity index (χ3n) is 2.12. The van der Waals surface area contributed by atoms with E-state index >= 15 is 0 Å². The molecule has 0 radical (unpaired) electrons. The summed E-state index contributed by atoms with van der Waals surface area (Å²) in [4.78, 5) is 15.9. The van der Waals surface area contributed by atoms with Gasteiger partial charge < -0.3 is 15.5 Å². The summed E-state index contributed by atoms with van der Waals surface area (Å²) >= 11 is 3.19. The standard InChI is InChI=1S/C12H9BrN2O3/c13-10-2-1-3-11(14-10)15-12(18)7-4-8(16)6-9(17)5-7/h1-6,16-17H,(H,14,15,18). The maximum atomic E-state index is 11.8. The molecule has 0 saturated carbocycles. The van der Waals surface area contributed by atoms with Crippen LogP contribution in [0.3, 0.4) is 0 Å². The van der Waals surface area contributed by atoms with Crippen LogP contribution in [0.15, 0.2) is 41.0 Å². The summed E-state index contributed by atoms with van der Waals surface area (Å²) < 4.78 is 0.596. The van der Waals surface area contributed by atoms with Crippen LogP contribution in [0.25, 0.3) is 0 Å². The molecule has 0 aliphatic heterocycles. The molecule has 0 fully saturated rings. The molecule has 5 nitrogen and oxygen atoms in total. The molecule has 18 heavy (non-hydrogen) atoms. The van der Waals surface area contributed by atoms with E-state index in [1.807, 2.05) is 0 Å². The topological polar surface area (TPSA) is 82.5 Å². The number of benzene rings is 1. The van der Waals surface area contributed by atoms with Crippen molar-refractivity contribution in [3.8, 4) is 11.5 Å². The molecule has 0 bridgehead atoms. The number of anilines is 1. The van der Waals surface area contributed by atoms with Gasteiger partial charge in [-0.3, -0.25) is 4.79 Å². The van der Waals surface area contributed by atoms with Gasteiger partial charge in [-0.1, -0.05) is 6.07 Å². The van der Waals surface area contributed by atoms with Gasteiger partial charge in [0, 0.05) is 11.6 Å². The Hall–Kier alpha value is -2.08. The molecule has 0 unspecified atom stereocenters. The van der Waals surface area contributed by atoms with Crippen LogP contribution in [0, 0.1) is 0 Å². The first-order valence-electron chi connectivity index (χ1n) is 5.01. The monoisotopic (exact) mass is 308 g/mol. The van der Waals surface area contributed by atoms with Crippen molar-refractivity contribution in [1.29, 1.82) is 0 Å². The summed E-state index contributed by atoms with van der Waals surface area (Å²) in [6.45, 7) is 0. The summed E-state index contributed by atoms with van der Waals surface area (Å²) in [5.74, 6) is -0.450. The molecule has 1 aromatic heterocycles. The zero-order valence-electron chi connectivity index (χ0n) is 9.09. The fourth-order valence-corrected chi connectivity index (χ4v) is 1.74. The van der Waals surface area contributed by atoms with Gasteiger partial charge in [0.05, 0.1) is 0 Å². The van der Waals surface area contributed by atoms with Crippen LogP contribution in [0.4, 0.5) is 5.82 Å². The summed E-state index contributed by atoms with van der Waals surface area (Å²) in [6.07, 6.45) is 0. The second kappa shape index (κ2) is 5.05. The molecule has 2 aromatic rings. The minimum Gasteiger partial charge on any atom is -0.508 e. The fraction of sp³-hybridized carbons (Fsp3) is 0. The Balaban J connectivity index is 2.22. The average Bonchev–Trinajstić information content (AvgIpc) is 2.27. The molecule has 1 aromatic carbocycles. The molecule has 1 amide bonds. The summed E-state index contributed by atoms with van der Waals surface area (Å²) in [6, 6.07) is 8.75. The fourth-order valence-electron chi connectivity index (χ4n) is 1.39. The van der Waals surface area contributed by atoms with E-state index in [9.17, 15) is 15.0 Å². The number of halogens is 1. The maximum Gasteiger partial charge on any atom is 0.257 e. The number of nitrogens with zero attached hydrogens (tertiary/aromatic N) is 1. The number of aromatic hydroxyl groups is 2. The number of aromatic nitrogens is 1. The molecule has 1 heterocycles. The van der Waals surface area contributed by atoms with Gasteiger partial charge >= 0.3 is 0 Å². The van der Waals surface area contributed by atoms with Crippen molar-refractivity contribution >= 4 is 27.7 Å².